The molecular weight excluding hydrogens is 322 g/mol. The van der Waals surface area contributed by atoms with E-state index in [0.717, 1.165) is 24.3 Å². The van der Waals surface area contributed by atoms with E-state index in [0.29, 0.717) is 5.92 Å². The van der Waals surface area contributed by atoms with Crippen molar-refractivity contribution >= 4 is 0 Å². The van der Waals surface area contributed by atoms with Crippen molar-refractivity contribution < 1.29 is 9.47 Å². The molecule has 2 atom stereocenters. The molecule has 3 heteroatoms. The van der Waals surface area contributed by atoms with Gasteiger partial charge in [-0.15, -0.1) is 0 Å². The van der Waals surface area contributed by atoms with Gasteiger partial charge in [0.05, 0.1) is 19.9 Å². The summed E-state index contributed by atoms with van der Waals surface area (Å²) in [6.45, 7) is 0. The fourth-order valence-electron chi connectivity index (χ4n) is 4.77. The second kappa shape index (κ2) is 5.87. The van der Waals surface area contributed by atoms with Crippen molar-refractivity contribution in [3.8, 4) is 11.5 Å². The fraction of sp³-hybridized carbons (Fsp3) is 0.261. The van der Waals surface area contributed by atoms with Crippen LogP contribution in [0.5, 0.6) is 11.5 Å². The zero-order valence-corrected chi connectivity index (χ0v) is 15.0. The van der Waals surface area contributed by atoms with Gasteiger partial charge in [0.1, 0.15) is 0 Å². The molecule has 0 saturated heterocycles. The molecule has 0 radical (unpaired) electrons. The Labute approximate surface area is 153 Å². The Balaban J connectivity index is 1.78. The second-order valence-electron chi connectivity index (χ2n) is 7.06. The molecule has 3 nitrogen and oxygen atoms in total. The largest absolute Gasteiger partial charge is 0.493 e. The Morgan fingerprint density at radius 2 is 1.58 bits per heavy atom. The van der Waals surface area contributed by atoms with Gasteiger partial charge in [-0.25, -0.2) is 0 Å². The fourth-order valence-corrected chi connectivity index (χ4v) is 4.77. The average Bonchev–Trinajstić information content (AvgIpc) is 2.68. The molecule has 0 amide bonds. The van der Waals surface area contributed by atoms with Gasteiger partial charge < -0.3 is 9.47 Å². The van der Waals surface area contributed by atoms with Gasteiger partial charge in [0.15, 0.2) is 11.5 Å². The Morgan fingerprint density at radius 1 is 0.808 bits per heavy atom. The highest BCUT2D eigenvalue weighted by Crippen LogP contribution is 2.50. The standard InChI is InChI=1S/C23H21NO2/c1-25-21-10-9-14-12-19-15-6-3-4-7-16(15)20(13-18(14)23(21)26-2)22-17(19)8-5-11-24-22/h3-11,19-20H,12-13H2,1-2H3. The third-order valence-corrected chi connectivity index (χ3v) is 5.90. The van der Waals surface area contributed by atoms with Crippen LogP contribution in [-0.2, 0) is 12.8 Å². The predicted molar refractivity (Wildman–Crippen MR) is 101 cm³/mol. The zero-order chi connectivity index (χ0) is 17.7. The van der Waals surface area contributed by atoms with E-state index in [4.69, 9.17) is 14.5 Å². The summed E-state index contributed by atoms with van der Waals surface area (Å²) in [5.74, 6) is 2.26. The van der Waals surface area contributed by atoms with Crippen LogP contribution in [0, 0.1) is 0 Å². The predicted octanol–water partition coefficient (Wildman–Crippen LogP) is 4.47. The first-order valence-corrected chi connectivity index (χ1v) is 9.08. The molecule has 2 bridgehead atoms. The molecule has 1 heterocycles. The second-order valence-corrected chi connectivity index (χ2v) is 7.06. The minimum absolute atomic E-state index is 0.249. The van der Waals surface area contributed by atoms with Crippen molar-refractivity contribution in [2.75, 3.05) is 14.2 Å². The van der Waals surface area contributed by atoms with Gasteiger partial charge in [0, 0.05) is 23.6 Å². The molecular formula is C23H21NO2. The molecule has 3 aliphatic carbocycles. The maximum atomic E-state index is 5.77. The Morgan fingerprint density at radius 3 is 2.35 bits per heavy atom. The van der Waals surface area contributed by atoms with Crippen LogP contribution in [0.1, 0.15) is 45.3 Å². The summed E-state index contributed by atoms with van der Waals surface area (Å²) in [5.41, 5.74) is 8.04. The molecule has 0 saturated carbocycles. The quantitative estimate of drug-likeness (QED) is 0.688. The summed E-state index contributed by atoms with van der Waals surface area (Å²) in [4.78, 5) is 4.80. The number of hydrogen-bond donors (Lipinski definition) is 0. The minimum Gasteiger partial charge on any atom is -0.493 e. The van der Waals surface area contributed by atoms with Crippen LogP contribution in [-0.4, -0.2) is 19.2 Å². The number of aromatic nitrogens is 1. The van der Waals surface area contributed by atoms with Crippen molar-refractivity contribution in [2.24, 2.45) is 0 Å². The van der Waals surface area contributed by atoms with Gasteiger partial charge in [0.25, 0.3) is 0 Å². The Bertz CT molecular complexity index is 948. The highest BCUT2D eigenvalue weighted by Gasteiger charge is 2.37. The van der Waals surface area contributed by atoms with Crippen molar-refractivity contribution in [3.05, 3.63) is 88.2 Å². The van der Waals surface area contributed by atoms with Crippen LogP contribution in [0.2, 0.25) is 0 Å². The monoisotopic (exact) mass is 343 g/mol. The van der Waals surface area contributed by atoms with Crippen LogP contribution in [0.3, 0.4) is 0 Å². The smallest absolute Gasteiger partial charge is 0.164 e. The number of nitrogens with zero attached hydrogens (tertiary/aromatic N) is 1. The van der Waals surface area contributed by atoms with E-state index in [2.05, 4.69) is 42.5 Å². The van der Waals surface area contributed by atoms with Crippen molar-refractivity contribution in [1.82, 2.24) is 4.98 Å². The molecule has 3 aliphatic rings. The van der Waals surface area contributed by atoms with Crippen LogP contribution in [0.15, 0.2) is 54.7 Å². The van der Waals surface area contributed by atoms with E-state index < -0.39 is 0 Å². The Hall–Kier alpha value is -2.81. The van der Waals surface area contributed by atoms with Crippen molar-refractivity contribution in [2.45, 2.75) is 24.7 Å². The molecule has 0 aliphatic heterocycles. The number of rotatable bonds is 2. The van der Waals surface area contributed by atoms with Crippen LogP contribution in [0.4, 0.5) is 0 Å². The lowest BCUT2D eigenvalue weighted by Crippen LogP contribution is -2.26. The lowest BCUT2D eigenvalue weighted by Gasteiger charge is -2.37. The molecule has 3 aromatic rings. The minimum atomic E-state index is 0.249. The maximum absolute atomic E-state index is 5.77. The van der Waals surface area contributed by atoms with Gasteiger partial charge in [-0.2, -0.15) is 0 Å². The van der Waals surface area contributed by atoms with E-state index in [9.17, 15) is 0 Å². The molecule has 0 fully saturated rings. The number of pyridine rings is 1. The average molecular weight is 343 g/mol. The first-order valence-electron chi connectivity index (χ1n) is 9.08. The highest BCUT2D eigenvalue weighted by atomic mass is 16.5. The van der Waals surface area contributed by atoms with E-state index in [1.807, 2.05) is 12.3 Å². The summed E-state index contributed by atoms with van der Waals surface area (Å²) < 4.78 is 11.3. The normalized spacial score (nSPS) is 19.6. The van der Waals surface area contributed by atoms with Crippen LogP contribution in [0.25, 0.3) is 0 Å². The number of benzene rings is 2. The topological polar surface area (TPSA) is 31.4 Å². The van der Waals surface area contributed by atoms with Gasteiger partial charge in [-0.1, -0.05) is 36.4 Å². The molecule has 1 aromatic heterocycles. The van der Waals surface area contributed by atoms with Crippen LogP contribution >= 0.6 is 0 Å². The maximum Gasteiger partial charge on any atom is 0.164 e. The van der Waals surface area contributed by atoms with Crippen LogP contribution < -0.4 is 9.47 Å². The number of ether oxygens (including phenoxy) is 2. The molecule has 2 unspecified atom stereocenters. The SMILES string of the molecule is COc1ccc2c(c1OC)CC1c3ccccc3C(C2)c2cccnc21. The molecule has 0 N–H and O–H groups in total. The summed E-state index contributed by atoms with van der Waals surface area (Å²) >= 11 is 0. The molecule has 26 heavy (non-hydrogen) atoms. The molecule has 130 valence electrons. The third-order valence-electron chi connectivity index (χ3n) is 5.90. The van der Waals surface area contributed by atoms with E-state index >= 15 is 0 Å². The zero-order valence-electron chi connectivity index (χ0n) is 15.0. The lowest BCUT2D eigenvalue weighted by atomic mass is 9.68. The first kappa shape index (κ1) is 15.4. The van der Waals surface area contributed by atoms with Gasteiger partial charge in [-0.3, -0.25) is 4.98 Å². The van der Waals surface area contributed by atoms with Gasteiger partial charge >= 0.3 is 0 Å². The van der Waals surface area contributed by atoms with E-state index in [1.54, 1.807) is 14.2 Å². The summed E-state index contributed by atoms with van der Waals surface area (Å²) in [7, 11) is 3.43. The number of methoxy groups -OCH3 is 2. The molecule has 2 aromatic carbocycles. The van der Waals surface area contributed by atoms with E-state index in [-0.39, 0.29) is 5.92 Å². The molecule has 6 rings (SSSR count). The lowest BCUT2D eigenvalue weighted by molar-refractivity contribution is 0.350. The summed E-state index contributed by atoms with van der Waals surface area (Å²) in [6.07, 6.45) is 3.75. The van der Waals surface area contributed by atoms with Gasteiger partial charge in [0.2, 0.25) is 0 Å². The molecule has 0 spiro atoms. The summed E-state index contributed by atoms with van der Waals surface area (Å²) in [6, 6.07) is 17.4. The first-order chi connectivity index (χ1) is 12.8. The third kappa shape index (κ3) is 2.10. The van der Waals surface area contributed by atoms with Crippen molar-refractivity contribution in [3.63, 3.8) is 0 Å². The highest BCUT2D eigenvalue weighted by molar-refractivity contribution is 5.58. The van der Waals surface area contributed by atoms with Crippen molar-refractivity contribution in [1.29, 1.82) is 0 Å². The van der Waals surface area contributed by atoms with Gasteiger partial charge in [-0.05, 0) is 47.2 Å². The Kier molecular flexibility index (Phi) is 3.49. The number of hydrogen-bond acceptors (Lipinski definition) is 3. The summed E-state index contributed by atoms with van der Waals surface area (Å²) in [5, 5.41) is 0. The van der Waals surface area contributed by atoms with E-state index in [1.165, 1.54) is 33.5 Å².